The van der Waals surface area contributed by atoms with Gasteiger partial charge in [0, 0.05) is 18.3 Å². The van der Waals surface area contributed by atoms with E-state index in [0.717, 1.165) is 49.6 Å². The largest absolute Gasteiger partial charge is 0.417 e. The lowest BCUT2D eigenvalue weighted by molar-refractivity contribution is -0.137. The SMILES string of the molecule is Cc1cnn(C[C@H]2CC[C@H](NC(=O)c3c(Cl)cccc3C(F)(F)F)CC2)c1C. The van der Waals surface area contributed by atoms with E-state index in [9.17, 15) is 18.0 Å². The van der Waals surface area contributed by atoms with E-state index in [1.165, 1.54) is 12.1 Å². The minimum Gasteiger partial charge on any atom is -0.349 e. The third kappa shape index (κ3) is 4.51. The van der Waals surface area contributed by atoms with E-state index in [1.54, 1.807) is 0 Å². The van der Waals surface area contributed by atoms with Crippen molar-refractivity contribution < 1.29 is 18.0 Å². The van der Waals surface area contributed by atoms with E-state index in [2.05, 4.69) is 10.4 Å². The highest BCUT2D eigenvalue weighted by molar-refractivity contribution is 6.34. The first-order chi connectivity index (χ1) is 13.2. The summed E-state index contributed by atoms with van der Waals surface area (Å²) in [5.41, 5.74) is 0.798. The summed E-state index contributed by atoms with van der Waals surface area (Å²) in [6, 6.07) is 3.23. The fourth-order valence-corrected chi connectivity index (χ4v) is 3.97. The van der Waals surface area contributed by atoms with Gasteiger partial charge >= 0.3 is 6.18 Å². The Hall–Kier alpha value is -2.02. The minimum absolute atomic E-state index is 0.151. The first kappa shape index (κ1) is 20.7. The molecule has 28 heavy (non-hydrogen) atoms. The molecule has 0 radical (unpaired) electrons. The topological polar surface area (TPSA) is 46.9 Å². The van der Waals surface area contributed by atoms with Crippen LogP contribution in [0.5, 0.6) is 0 Å². The number of rotatable bonds is 4. The van der Waals surface area contributed by atoms with Gasteiger partial charge in [-0.25, -0.2) is 0 Å². The van der Waals surface area contributed by atoms with Crippen molar-refractivity contribution in [1.29, 1.82) is 0 Å². The van der Waals surface area contributed by atoms with Crippen LogP contribution in [0.15, 0.2) is 24.4 Å². The first-order valence-electron chi connectivity index (χ1n) is 9.32. The molecule has 1 N–H and O–H groups in total. The van der Waals surface area contributed by atoms with E-state index >= 15 is 0 Å². The molecule has 1 fully saturated rings. The molecule has 1 amide bonds. The number of carbonyl (C=O) groups is 1. The molecule has 0 aliphatic heterocycles. The van der Waals surface area contributed by atoms with E-state index < -0.39 is 23.2 Å². The Balaban J connectivity index is 1.61. The number of aromatic nitrogens is 2. The summed E-state index contributed by atoms with van der Waals surface area (Å²) in [5, 5.41) is 6.94. The number of benzene rings is 1. The van der Waals surface area contributed by atoms with Crippen molar-refractivity contribution in [3.63, 3.8) is 0 Å². The van der Waals surface area contributed by atoms with Crippen molar-refractivity contribution in [2.24, 2.45) is 5.92 Å². The minimum atomic E-state index is -4.63. The molecule has 0 bridgehead atoms. The second-order valence-corrected chi connectivity index (χ2v) is 7.85. The second kappa shape index (κ2) is 8.15. The molecule has 0 atom stereocenters. The zero-order valence-electron chi connectivity index (χ0n) is 15.8. The maximum absolute atomic E-state index is 13.2. The maximum Gasteiger partial charge on any atom is 0.417 e. The zero-order chi connectivity index (χ0) is 20.5. The molecule has 3 rings (SSSR count). The molecule has 1 saturated carbocycles. The van der Waals surface area contributed by atoms with Gasteiger partial charge in [-0.05, 0) is 63.1 Å². The summed E-state index contributed by atoms with van der Waals surface area (Å²) in [4.78, 5) is 12.5. The highest BCUT2D eigenvalue weighted by Gasteiger charge is 2.37. The molecule has 0 spiro atoms. The third-order valence-corrected chi connectivity index (χ3v) is 5.82. The average Bonchev–Trinajstić information content (AvgIpc) is 2.94. The molecular formula is C20H23ClF3N3O. The predicted molar refractivity (Wildman–Crippen MR) is 101 cm³/mol. The Bertz CT molecular complexity index is 855. The van der Waals surface area contributed by atoms with Crippen LogP contribution in [0.3, 0.4) is 0 Å². The quantitative estimate of drug-likeness (QED) is 0.752. The summed E-state index contributed by atoms with van der Waals surface area (Å²) in [6.45, 7) is 4.88. The lowest BCUT2D eigenvalue weighted by Gasteiger charge is -2.29. The normalized spacial score (nSPS) is 20.2. The summed E-state index contributed by atoms with van der Waals surface area (Å²) in [6.07, 6.45) is 0.441. The van der Waals surface area contributed by atoms with Gasteiger partial charge in [0.1, 0.15) is 0 Å². The van der Waals surface area contributed by atoms with Crippen LogP contribution in [0.25, 0.3) is 0 Å². The van der Waals surface area contributed by atoms with E-state index in [0.29, 0.717) is 5.92 Å². The lowest BCUT2D eigenvalue weighted by Crippen LogP contribution is -2.39. The summed E-state index contributed by atoms with van der Waals surface area (Å²) < 4.78 is 41.6. The number of halogens is 4. The van der Waals surface area contributed by atoms with Crippen LogP contribution in [0.1, 0.15) is 52.9 Å². The van der Waals surface area contributed by atoms with Gasteiger partial charge in [0.15, 0.2) is 0 Å². The molecule has 2 aromatic rings. The molecule has 4 nitrogen and oxygen atoms in total. The van der Waals surface area contributed by atoms with Crippen LogP contribution >= 0.6 is 11.6 Å². The van der Waals surface area contributed by atoms with Gasteiger partial charge in [-0.3, -0.25) is 9.48 Å². The molecule has 1 heterocycles. The smallest absolute Gasteiger partial charge is 0.349 e. The fraction of sp³-hybridized carbons (Fsp3) is 0.500. The van der Waals surface area contributed by atoms with E-state index in [4.69, 9.17) is 11.6 Å². The number of aryl methyl sites for hydroxylation is 1. The number of hydrogen-bond donors (Lipinski definition) is 1. The molecule has 1 aliphatic rings. The summed E-state index contributed by atoms with van der Waals surface area (Å²) >= 11 is 5.91. The predicted octanol–water partition coefficient (Wildman–Crippen LogP) is 5.16. The molecule has 152 valence electrons. The van der Waals surface area contributed by atoms with Gasteiger partial charge in [0.25, 0.3) is 5.91 Å². The number of alkyl halides is 3. The van der Waals surface area contributed by atoms with Crippen LogP contribution in [-0.2, 0) is 12.7 Å². The molecule has 1 aromatic heterocycles. The number of nitrogens with zero attached hydrogens (tertiary/aromatic N) is 2. The van der Waals surface area contributed by atoms with Gasteiger partial charge in [-0.15, -0.1) is 0 Å². The average molecular weight is 414 g/mol. The Labute approximate surface area is 167 Å². The van der Waals surface area contributed by atoms with Gasteiger partial charge < -0.3 is 5.32 Å². The van der Waals surface area contributed by atoms with Crippen LogP contribution in [-0.4, -0.2) is 21.7 Å². The fourth-order valence-electron chi connectivity index (χ4n) is 3.71. The van der Waals surface area contributed by atoms with Crippen molar-refractivity contribution in [3.8, 4) is 0 Å². The molecule has 0 saturated heterocycles. The first-order valence-corrected chi connectivity index (χ1v) is 9.70. The Kier molecular flexibility index (Phi) is 6.03. The number of hydrogen-bond acceptors (Lipinski definition) is 2. The molecular weight excluding hydrogens is 391 g/mol. The Morgan fingerprint density at radius 3 is 2.50 bits per heavy atom. The molecule has 1 aromatic carbocycles. The summed E-state index contributed by atoms with van der Waals surface area (Å²) in [5.74, 6) is -0.322. The van der Waals surface area contributed by atoms with E-state index in [-0.39, 0.29) is 11.1 Å². The van der Waals surface area contributed by atoms with Gasteiger partial charge in [-0.2, -0.15) is 18.3 Å². The maximum atomic E-state index is 13.2. The van der Waals surface area contributed by atoms with E-state index in [1.807, 2.05) is 24.7 Å². The second-order valence-electron chi connectivity index (χ2n) is 7.45. The van der Waals surface area contributed by atoms with Crippen molar-refractivity contribution in [3.05, 3.63) is 51.8 Å². The number of nitrogens with one attached hydrogen (secondary N) is 1. The number of carbonyl (C=O) groups excluding carboxylic acids is 1. The van der Waals surface area contributed by atoms with Gasteiger partial charge in [0.2, 0.25) is 0 Å². The van der Waals surface area contributed by atoms with Crippen LogP contribution in [0.4, 0.5) is 13.2 Å². The summed E-state index contributed by atoms with van der Waals surface area (Å²) in [7, 11) is 0. The van der Waals surface area contributed by atoms with Crippen LogP contribution in [0.2, 0.25) is 5.02 Å². The highest BCUT2D eigenvalue weighted by Crippen LogP contribution is 2.35. The van der Waals surface area contributed by atoms with Crippen molar-refractivity contribution in [1.82, 2.24) is 15.1 Å². The molecule has 1 aliphatic carbocycles. The van der Waals surface area contributed by atoms with Gasteiger partial charge in [0.05, 0.1) is 22.3 Å². The Morgan fingerprint density at radius 1 is 1.25 bits per heavy atom. The van der Waals surface area contributed by atoms with Crippen LogP contribution < -0.4 is 5.32 Å². The number of amides is 1. The van der Waals surface area contributed by atoms with Crippen molar-refractivity contribution in [2.45, 2.75) is 58.3 Å². The van der Waals surface area contributed by atoms with Gasteiger partial charge in [-0.1, -0.05) is 17.7 Å². The zero-order valence-corrected chi connectivity index (χ0v) is 16.6. The highest BCUT2D eigenvalue weighted by atomic mass is 35.5. The van der Waals surface area contributed by atoms with Crippen molar-refractivity contribution >= 4 is 17.5 Å². The van der Waals surface area contributed by atoms with Crippen molar-refractivity contribution in [2.75, 3.05) is 0 Å². The molecule has 8 heteroatoms. The molecule has 0 unspecified atom stereocenters. The van der Waals surface area contributed by atoms with Crippen LogP contribution in [0, 0.1) is 19.8 Å². The standard InChI is InChI=1S/C20H23ClF3N3O/c1-12-10-25-27(13(12)2)11-14-6-8-15(9-7-14)26-19(28)18-16(20(22,23)24)4-3-5-17(18)21/h3-5,10,14-15H,6-9,11H2,1-2H3,(H,26,28)/t14-,15-. The Morgan fingerprint density at radius 2 is 1.93 bits per heavy atom. The lowest BCUT2D eigenvalue weighted by atomic mass is 9.85. The monoisotopic (exact) mass is 413 g/mol. The third-order valence-electron chi connectivity index (χ3n) is 5.51.